The summed E-state index contributed by atoms with van der Waals surface area (Å²) in [5.74, 6) is -0.127. The summed E-state index contributed by atoms with van der Waals surface area (Å²) in [6.45, 7) is 4.46. The van der Waals surface area contributed by atoms with Crippen LogP contribution in [0, 0.1) is 12.7 Å². The molecule has 0 radical (unpaired) electrons. The molecule has 1 aliphatic heterocycles. The number of rotatable bonds is 7. The number of nitrogens with one attached hydrogen (secondary N) is 1. The lowest BCUT2D eigenvalue weighted by Crippen LogP contribution is -2.37. The second kappa shape index (κ2) is 9.63. The molecule has 0 saturated heterocycles. The third-order valence-electron chi connectivity index (χ3n) is 6.30. The number of fused-ring (bicyclic) bond motifs is 1. The van der Waals surface area contributed by atoms with E-state index in [2.05, 4.69) is 11.4 Å². The highest BCUT2D eigenvalue weighted by atomic mass is 19.1. The molecule has 4 rings (SSSR count). The number of para-hydroxylation sites is 1. The Labute approximate surface area is 193 Å². The Morgan fingerprint density at radius 2 is 2.00 bits per heavy atom. The van der Waals surface area contributed by atoms with Gasteiger partial charge in [-0.2, -0.15) is 0 Å². The molecule has 1 heterocycles. The third-order valence-corrected chi connectivity index (χ3v) is 6.30. The van der Waals surface area contributed by atoms with Crippen molar-refractivity contribution >= 4 is 5.97 Å². The molecule has 2 N–H and O–H groups in total. The van der Waals surface area contributed by atoms with Crippen molar-refractivity contribution in [3.63, 3.8) is 0 Å². The van der Waals surface area contributed by atoms with Crippen LogP contribution in [0.2, 0.25) is 0 Å². The number of methoxy groups -OCH3 is 1. The maximum atomic E-state index is 13.8. The number of aryl methyl sites for hydroxylation is 1. The summed E-state index contributed by atoms with van der Waals surface area (Å²) in [6.07, 6.45) is 0.684. The van der Waals surface area contributed by atoms with Crippen LogP contribution in [0.15, 0.2) is 60.7 Å². The Hall–Kier alpha value is -3.38. The highest BCUT2D eigenvalue weighted by Crippen LogP contribution is 2.40. The van der Waals surface area contributed by atoms with Crippen molar-refractivity contribution in [2.75, 3.05) is 13.7 Å². The maximum absolute atomic E-state index is 13.8. The van der Waals surface area contributed by atoms with Gasteiger partial charge in [-0.25, -0.2) is 9.18 Å². The second-order valence-corrected chi connectivity index (χ2v) is 8.47. The van der Waals surface area contributed by atoms with Crippen LogP contribution < -0.4 is 14.8 Å². The Kier molecular flexibility index (Phi) is 6.65. The molecule has 0 saturated carbocycles. The molecule has 0 bridgehead atoms. The van der Waals surface area contributed by atoms with Crippen LogP contribution >= 0.6 is 0 Å². The maximum Gasteiger partial charge on any atom is 0.335 e. The standard InChI is InChI=1S/C27H28FNO4/c1-16-12-19(8-10-21(16)27(30)31)23-14-20(33-25-7-5-4-6-22(23)25)15-29-17(2)18-9-11-24(28)26(13-18)32-3/h4-13,17,20,23,29H,14-15H2,1-3H3,(H,30,31)/t17?,20-,23+/m1/s1. The highest BCUT2D eigenvalue weighted by molar-refractivity contribution is 5.89. The first-order valence-corrected chi connectivity index (χ1v) is 11.0. The van der Waals surface area contributed by atoms with Gasteiger partial charge in [0.1, 0.15) is 11.9 Å². The fourth-order valence-electron chi connectivity index (χ4n) is 4.45. The van der Waals surface area contributed by atoms with E-state index in [1.807, 2.05) is 44.2 Å². The fourth-order valence-corrected chi connectivity index (χ4v) is 4.45. The number of aromatic carboxylic acids is 1. The zero-order valence-corrected chi connectivity index (χ0v) is 19.0. The smallest absolute Gasteiger partial charge is 0.335 e. The zero-order chi connectivity index (χ0) is 23.5. The van der Waals surface area contributed by atoms with Gasteiger partial charge in [0.2, 0.25) is 0 Å². The van der Waals surface area contributed by atoms with Gasteiger partial charge in [-0.05, 0) is 61.2 Å². The molecule has 33 heavy (non-hydrogen) atoms. The Morgan fingerprint density at radius 1 is 1.21 bits per heavy atom. The first-order valence-electron chi connectivity index (χ1n) is 11.0. The van der Waals surface area contributed by atoms with Crippen molar-refractivity contribution in [3.05, 3.63) is 94.3 Å². The molecule has 1 aliphatic rings. The minimum absolute atomic E-state index is 0.0178. The normalized spacial score (nSPS) is 18.2. The number of hydrogen-bond donors (Lipinski definition) is 2. The van der Waals surface area contributed by atoms with E-state index in [1.165, 1.54) is 13.2 Å². The van der Waals surface area contributed by atoms with Crippen LogP contribution in [0.3, 0.4) is 0 Å². The summed E-state index contributed by atoms with van der Waals surface area (Å²) in [6, 6.07) is 18.4. The summed E-state index contributed by atoms with van der Waals surface area (Å²) >= 11 is 0. The largest absolute Gasteiger partial charge is 0.494 e. The molecule has 6 heteroatoms. The average Bonchev–Trinajstić information content (AvgIpc) is 2.82. The molecule has 3 aromatic rings. The molecule has 5 nitrogen and oxygen atoms in total. The van der Waals surface area contributed by atoms with Crippen molar-refractivity contribution in [3.8, 4) is 11.5 Å². The lowest BCUT2D eigenvalue weighted by Gasteiger charge is -2.33. The summed E-state index contributed by atoms with van der Waals surface area (Å²) < 4.78 is 25.1. The van der Waals surface area contributed by atoms with Crippen LogP contribution in [0.5, 0.6) is 11.5 Å². The minimum atomic E-state index is -0.917. The number of halogens is 1. The first kappa shape index (κ1) is 22.8. The van der Waals surface area contributed by atoms with Gasteiger partial charge in [0.15, 0.2) is 11.6 Å². The van der Waals surface area contributed by atoms with Crippen molar-refractivity contribution in [1.29, 1.82) is 0 Å². The summed E-state index contributed by atoms with van der Waals surface area (Å²) in [5.41, 5.74) is 4.18. The monoisotopic (exact) mass is 449 g/mol. The van der Waals surface area contributed by atoms with E-state index in [1.54, 1.807) is 18.2 Å². The molecule has 0 spiro atoms. The molecule has 0 aliphatic carbocycles. The van der Waals surface area contributed by atoms with E-state index in [4.69, 9.17) is 9.47 Å². The van der Waals surface area contributed by atoms with Gasteiger partial charge in [-0.3, -0.25) is 0 Å². The van der Waals surface area contributed by atoms with Crippen LogP contribution in [-0.2, 0) is 0 Å². The summed E-state index contributed by atoms with van der Waals surface area (Å²) in [5, 5.41) is 12.9. The van der Waals surface area contributed by atoms with Gasteiger partial charge in [0.05, 0.1) is 12.7 Å². The predicted octanol–water partition coefficient (Wildman–Crippen LogP) is 5.47. The number of carbonyl (C=O) groups is 1. The summed E-state index contributed by atoms with van der Waals surface area (Å²) in [4.78, 5) is 11.4. The molecule has 1 unspecified atom stereocenters. The van der Waals surface area contributed by atoms with E-state index in [9.17, 15) is 14.3 Å². The van der Waals surface area contributed by atoms with Crippen LogP contribution in [0.25, 0.3) is 0 Å². The molecule has 0 fully saturated rings. The Morgan fingerprint density at radius 3 is 2.73 bits per heavy atom. The SMILES string of the molecule is COc1cc(C(C)NC[C@H]2C[C@@H](c3ccc(C(=O)O)c(C)c3)c3ccccc3O2)ccc1F. The highest BCUT2D eigenvalue weighted by Gasteiger charge is 2.30. The van der Waals surface area contributed by atoms with E-state index in [0.717, 1.165) is 34.4 Å². The van der Waals surface area contributed by atoms with Gasteiger partial charge < -0.3 is 19.9 Å². The van der Waals surface area contributed by atoms with Crippen LogP contribution in [-0.4, -0.2) is 30.8 Å². The zero-order valence-electron chi connectivity index (χ0n) is 19.0. The summed E-state index contributed by atoms with van der Waals surface area (Å²) in [7, 11) is 1.46. The van der Waals surface area contributed by atoms with Gasteiger partial charge in [0.25, 0.3) is 0 Å². The first-order chi connectivity index (χ1) is 15.9. The lowest BCUT2D eigenvalue weighted by molar-refractivity contribution is 0.0696. The second-order valence-electron chi connectivity index (χ2n) is 8.47. The number of carboxylic acid groups (broad SMARTS) is 1. The van der Waals surface area contributed by atoms with Crippen LogP contribution in [0.1, 0.15) is 57.9 Å². The number of ether oxygens (including phenoxy) is 2. The molecule has 3 aromatic carbocycles. The van der Waals surface area contributed by atoms with Crippen LogP contribution in [0.4, 0.5) is 4.39 Å². The fraction of sp³-hybridized carbons (Fsp3) is 0.296. The van der Waals surface area contributed by atoms with E-state index >= 15 is 0 Å². The predicted molar refractivity (Wildman–Crippen MR) is 125 cm³/mol. The quantitative estimate of drug-likeness (QED) is 0.500. The Balaban J connectivity index is 1.53. The lowest BCUT2D eigenvalue weighted by atomic mass is 9.83. The molecule has 0 aromatic heterocycles. The Bertz CT molecular complexity index is 1160. The minimum Gasteiger partial charge on any atom is -0.494 e. The van der Waals surface area contributed by atoms with Gasteiger partial charge in [0, 0.05) is 24.1 Å². The average molecular weight is 450 g/mol. The molecular formula is C27H28FNO4. The van der Waals surface area contributed by atoms with E-state index < -0.39 is 5.97 Å². The van der Waals surface area contributed by atoms with Crippen molar-refractivity contribution < 1.29 is 23.8 Å². The molecule has 172 valence electrons. The topological polar surface area (TPSA) is 67.8 Å². The van der Waals surface area contributed by atoms with Gasteiger partial charge in [-0.1, -0.05) is 36.4 Å². The van der Waals surface area contributed by atoms with Gasteiger partial charge >= 0.3 is 5.97 Å². The van der Waals surface area contributed by atoms with Crippen molar-refractivity contribution in [1.82, 2.24) is 5.32 Å². The van der Waals surface area contributed by atoms with Crippen molar-refractivity contribution in [2.24, 2.45) is 0 Å². The third kappa shape index (κ3) is 4.86. The van der Waals surface area contributed by atoms with Crippen molar-refractivity contribution in [2.45, 2.75) is 38.3 Å². The number of benzene rings is 3. The molecule has 3 atom stereocenters. The van der Waals surface area contributed by atoms with E-state index in [0.29, 0.717) is 12.1 Å². The number of hydrogen-bond acceptors (Lipinski definition) is 4. The van der Waals surface area contributed by atoms with E-state index in [-0.39, 0.29) is 29.6 Å². The molecular weight excluding hydrogens is 421 g/mol. The van der Waals surface area contributed by atoms with Gasteiger partial charge in [-0.15, -0.1) is 0 Å². The number of carboxylic acids is 1. The molecule has 0 amide bonds.